The van der Waals surface area contributed by atoms with Crippen molar-refractivity contribution in [3.63, 3.8) is 0 Å². The second kappa shape index (κ2) is 7.02. The lowest BCUT2D eigenvalue weighted by Gasteiger charge is -2.23. The number of allylic oxidation sites excluding steroid dienone is 3. The smallest absolute Gasteiger partial charge is 0.266 e. The van der Waals surface area contributed by atoms with Gasteiger partial charge in [-0.25, -0.2) is 0 Å². The van der Waals surface area contributed by atoms with E-state index in [1.165, 1.54) is 0 Å². The third-order valence-electron chi connectivity index (χ3n) is 3.17. The van der Waals surface area contributed by atoms with E-state index in [2.05, 4.69) is 0 Å². The average molecular weight is 364 g/mol. The highest BCUT2D eigenvalue weighted by atomic mass is 35.5. The molecular weight excluding hydrogens is 349 g/mol. The van der Waals surface area contributed by atoms with Crippen molar-refractivity contribution in [3.8, 4) is 5.75 Å². The van der Waals surface area contributed by atoms with Gasteiger partial charge in [-0.2, -0.15) is 8.42 Å². The first kappa shape index (κ1) is 17.3. The molecule has 0 saturated carbocycles. The molecule has 2 unspecified atom stereocenters. The highest BCUT2D eigenvalue weighted by molar-refractivity contribution is 7.85. The quantitative estimate of drug-likeness (QED) is 0.784. The first-order chi connectivity index (χ1) is 10.2. The molecule has 3 N–H and O–H groups in total. The Morgan fingerprint density at radius 2 is 2.09 bits per heavy atom. The molecule has 5 nitrogen and oxygen atoms in total. The fourth-order valence-electron chi connectivity index (χ4n) is 2.10. The van der Waals surface area contributed by atoms with Crippen molar-refractivity contribution < 1.29 is 17.7 Å². The molecule has 0 bridgehead atoms. The molecule has 1 aliphatic rings. The maximum atomic E-state index is 10.9. The van der Waals surface area contributed by atoms with Gasteiger partial charge in [-0.15, -0.1) is 0 Å². The first-order valence-corrected chi connectivity index (χ1v) is 8.82. The lowest BCUT2D eigenvalue weighted by atomic mass is 9.93. The molecule has 1 aliphatic carbocycles. The van der Waals surface area contributed by atoms with E-state index in [9.17, 15) is 8.42 Å². The van der Waals surface area contributed by atoms with Crippen LogP contribution >= 0.6 is 23.2 Å². The van der Waals surface area contributed by atoms with Crippen molar-refractivity contribution >= 4 is 33.3 Å². The van der Waals surface area contributed by atoms with Crippen molar-refractivity contribution in [2.24, 2.45) is 11.7 Å². The van der Waals surface area contributed by atoms with Crippen molar-refractivity contribution in [2.75, 3.05) is 5.75 Å². The molecular formula is C14H15Cl2NO4S. The highest BCUT2D eigenvalue weighted by Gasteiger charge is 2.24. The van der Waals surface area contributed by atoms with Gasteiger partial charge in [0.2, 0.25) is 0 Å². The zero-order valence-corrected chi connectivity index (χ0v) is 13.8. The Kier molecular flexibility index (Phi) is 5.52. The van der Waals surface area contributed by atoms with Crippen molar-refractivity contribution in [2.45, 2.75) is 12.5 Å². The normalized spacial score (nSPS) is 19.6. The van der Waals surface area contributed by atoms with Crippen molar-refractivity contribution in [3.05, 3.63) is 52.2 Å². The van der Waals surface area contributed by atoms with Crippen LogP contribution in [0.15, 0.2) is 42.2 Å². The van der Waals surface area contributed by atoms with Gasteiger partial charge in [0.05, 0.1) is 15.8 Å². The van der Waals surface area contributed by atoms with Gasteiger partial charge in [0.25, 0.3) is 10.1 Å². The minimum atomic E-state index is -4.11. The molecule has 0 amide bonds. The maximum Gasteiger partial charge on any atom is 0.266 e. The van der Waals surface area contributed by atoms with E-state index in [1.807, 2.05) is 0 Å². The predicted molar refractivity (Wildman–Crippen MR) is 86.8 cm³/mol. The summed E-state index contributed by atoms with van der Waals surface area (Å²) in [5.74, 6) is 0.404. The van der Waals surface area contributed by atoms with Gasteiger partial charge in [-0.3, -0.25) is 4.55 Å². The van der Waals surface area contributed by atoms with E-state index < -0.39 is 21.9 Å². The Hall–Kier alpha value is -1.05. The number of hydrogen-bond acceptors (Lipinski definition) is 4. The third-order valence-corrected chi connectivity index (χ3v) is 4.72. The molecule has 120 valence electrons. The standard InChI is InChI=1S/C14H15Cl2NO4S/c15-12-5-4-11(7-13(12)16)21-10-3-1-2-9(6-10)14(17)8-22(18,19)20/h1-5,7,9,14H,6,8,17H2,(H,18,19,20). The monoisotopic (exact) mass is 363 g/mol. The van der Waals surface area contributed by atoms with E-state index in [0.29, 0.717) is 28.0 Å². The summed E-state index contributed by atoms with van der Waals surface area (Å²) in [4.78, 5) is 0. The minimum Gasteiger partial charge on any atom is -0.462 e. The molecule has 8 heteroatoms. The molecule has 0 spiro atoms. The molecule has 22 heavy (non-hydrogen) atoms. The molecule has 0 aromatic heterocycles. The molecule has 2 atom stereocenters. The summed E-state index contributed by atoms with van der Waals surface area (Å²) in [5.41, 5.74) is 5.82. The number of halogens is 2. The predicted octanol–water partition coefficient (Wildman–Crippen LogP) is 3.05. The van der Waals surface area contributed by atoms with Gasteiger partial charge in [0.1, 0.15) is 11.5 Å². The van der Waals surface area contributed by atoms with Crippen LogP contribution in [0.4, 0.5) is 0 Å². The molecule has 0 radical (unpaired) electrons. The van der Waals surface area contributed by atoms with E-state index in [1.54, 1.807) is 36.4 Å². The summed E-state index contributed by atoms with van der Waals surface area (Å²) in [7, 11) is -4.11. The van der Waals surface area contributed by atoms with Gasteiger partial charge < -0.3 is 10.5 Å². The summed E-state index contributed by atoms with van der Waals surface area (Å²) in [6.07, 6.45) is 5.72. The fourth-order valence-corrected chi connectivity index (χ4v) is 3.12. The van der Waals surface area contributed by atoms with Gasteiger partial charge in [-0.05, 0) is 18.2 Å². The number of rotatable bonds is 5. The van der Waals surface area contributed by atoms with E-state index >= 15 is 0 Å². The number of ether oxygens (including phenoxy) is 1. The van der Waals surface area contributed by atoms with Gasteiger partial charge in [0.15, 0.2) is 0 Å². The zero-order chi connectivity index (χ0) is 16.3. The van der Waals surface area contributed by atoms with Gasteiger partial charge in [-0.1, -0.05) is 35.4 Å². The molecule has 2 rings (SSSR count). The van der Waals surface area contributed by atoms with E-state index in [0.717, 1.165) is 0 Å². The second-order valence-corrected chi connectivity index (χ2v) is 7.29. The van der Waals surface area contributed by atoms with Crippen molar-refractivity contribution in [1.29, 1.82) is 0 Å². The van der Waals surface area contributed by atoms with Crippen molar-refractivity contribution in [1.82, 2.24) is 0 Å². The summed E-state index contributed by atoms with van der Waals surface area (Å²) in [6.45, 7) is 0. The molecule has 0 saturated heterocycles. The highest BCUT2D eigenvalue weighted by Crippen LogP contribution is 2.29. The van der Waals surface area contributed by atoms with Crippen LogP contribution < -0.4 is 10.5 Å². The summed E-state index contributed by atoms with van der Waals surface area (Å²) in [5, 5.41) is 0.810. The Labute approximate surface area is 139 Å². The van der Waals surface area contributed by atoms with Crippen LogP contribution in [0.3, 0.4) is 0 Å². The third kappa shape index (κ3) is 5.00. The Balaban J connectivity index is 2.03. The van der Waals surface area contributed by atoms with Crippen LogP contribution in [0.25, 0.3) is 0 Å². The lowest BCUT2D eigenvalue weighted by Crippen LogP contribution is -2.37. The second-order valence-electron chi connectivity index (χ2n) is 4.98. The molecule has 1 aromatic carbocycles. The largest absolute Gasteiger partial charge is 0.462 e. The topological polar surface area (TPSA) is 89.6 Å². The Morgan fingerprint density at radius 1 is 1.36 bits per heavy atom. The molecule has 0 aliphatic heterocycles. The first-order valence-electron chi connectivity index (χ1n) is 6.45. The van der Waals surface area contributed by atoms with Crippen LogP contribution in [0.2, 0.25) is 10.0 Å². The van der Waals surface area contributed by atoms with Gasteiger partial charge in [0, 0.05) is 24.4 Å². The molecule has 0 fully saturated rings. The van der Waals surface area contributed by atoms with Gasteiger partial charge >= 0.3 is 0 Å². The lowest BCUT2D eigenvalue weighted by molar-refractivity contribution is 0.363. The SMILES string of the molecule is NC(CS(=O)(=O)O)C1C=CC=C(Oc2ccc(Cl)c(Cl)c2)C1. The minimum absolute atomic E-state index is 0.246. The fraction of sp³-hybridized carbons (Fsp3) is 0.286. The molecule has 1 aromatic rings. The van der Waals surface area contributed by atoms with Crippen LogP contribution in [0, 0.1) is 5.92 Å². The zero-order valence-electron chi connectivity index (χ0n) is 11.4. The molecule has 0 heterocycles. The summed E-state index contributed by atoms with van der Waals surface area (Å²) >= 11 is 11.8. The summed E-state index contributed by atoms with van der Waals surface area (Å²) in [6, 6.07) is 4.18. The number of nitrogens with two attached hydrogens (primary N) is 1. The Morgan fingerprint density at radius 3 is 2.73 bits per heavy atom. The van der Waals surface area contributed by atoms with Crippen LogP contribution in [0.1, 0.15) is 6.42 Å². The summed E-state index contributed by atoms with van der Waals surface area (Å²) < 4.78 is 36.4. The average Bonchev–Trinajstić information content (AvgIpc) is 2.41. The Bertz CT molecular complexity index is 716. The van der Waals surface area contributed by atoms with Crippen LogP contribution in [-0.4, -0.2) is 24.8 Å². The number of hydrogen-bond donors (Lipinski definition) is 2. The van der Waals surface area contributed by atoms with E-state index in [-0.39, 0.29) is 5.92 Å². The van der Waals surface area contributed by atoms with Crippen LogP contribution in [-0.2, 0) is 10.1 Å². The van der Waals surface area contributed by atoms with E-state index in [4.69, 9.17) is 38.2 Å². The number of benzene rings is 1. The van der Waals surface area contributed by atoms with Crippen LogP contribution in [0.5, 0.6) is 5.75 Å². The maximum absolute atomic E-state index is 10.9.